The molecule has 0 radical (unpaired) electrons. The number of unbranched alkanes of at least 4 members (excludes halogenated alkanes) is 2. The van der Waals surface area contributed by atoms with Gasteiger partial charge < -0.3 is 9.47 Å². The number of piperidine rings is 1. The van der Waals surface area contributed by atoms with Crippen LogP contribution >= 0.6 is 11.8 Å². The van der Waals surface area contributed by atoms with E-state index in [1.807, 2.05) is 11.0 Å². The van der Waals surface area contributed by atoms with E-state index in [1.165, 1.54) is 24.8 Å². The highest BCUT2D eigenvalue weighted by Crippen LogP contribution is 2.25. The second-order valence-electron chi connectivity index (χ2n) is 6.47. The summed E-state index contributed by atoms with van der Waals surface area (Å²) in [6, 6.07) is 8.28. The Morgan fingerprint density at radius 3 is 2.75 bits per heavy atom. The van der Waals surface area contributed by atoms with E-state index in [0.717, 1.165) is 49.6 Å². The van der Waals surface area contributed by atoms with Gasteiger partial charge in [-0.25, -0.2) is 4.98 Å². The molecule has 4 nitrogen and oxygen atoms in total. The summed E-state index contributed by atoms with van der Waals surface area (Å²) in [6.45, 7) is 5.05. The van der Waals surface area contributed by atoms with E-state index < -0.39 is 0 Å². The van der Waals surface area contributed by atoms with Crippen molar-refractivity contribution in [3.63, 3.8) is 0 Å². The smallest absolute Gasteiger partial charge is 0.233 e. The third-order valence-corrected chi connectivity index (χ3v) is 5.60. The van der Waals surface area contributed by atoms with Crippen molar-refractivity contribution >= 4 is 28.7 Å². The minimum atomic E-state index is 0.256. The Balaban J connectivity index is 1.70. The van der Waals surface area contributed by atoms with Crippen LogP contribution in [-0.4, -0.2) is 39.2 Å². The predicted octanol–water partition coefficient (Wildman–Crippen LogP) is 4.33. The van der Waals surface area contributed by atoms with Crippen LogP contribution in [0.3, 0.4) is 0 Å². The normalized spacial score (nSPS) is 15.1. The zero-order valence-corrected chi connectivity index (χ0v) is 15.4. The maximum absolute atomic E-state index is 12.4. The number of fused-ring (bicyclic) bond motifs is 1. The summed E-state index contributed by atoms with van der Waals surface area (Å²) in [7, 11) is 0. The summed E-state index contributed by atoms with van der Waals surface area (Å²) < 4.78 is 2.29. The summed E-state index contributed by atoms with van der Waals surface area (Å²) in [6.07, 6.45) is 7.14. The molecule has 1 amide bonds. The first kappa shape index (κ1) is 17.3. The molecule has 0 unspecified atom stereocenters. The highest BCUT2D eigenvalue weighted by atomic mass is 32.2. The number of likely N-dealkylation sites (tertiary alicyclic amines) is 1. The minimum Gasteiger partial charge on any atom is -0.342 e. The lowest BCUT2D eigenvalue weighted by Crippen LogP contribution is -2.36. The third kappa shape index (κ3) is 4.12. The summed E-state index contributed by atoms with van der Waals surface area (Å²) in [5.41, 5.74) is 2.21. The van der Waals surface area contributed by atoms with Crippen LogP contribution in [0, 0.1) is 0 Å². The second-order valence-corrected chi connectivity index (χ2v) is 7.41. The minimum absolute atomic E-state index is 0.256. The molecule has 1 aromatic heterocycles. The number of para-hydroxylation sites is 2. The lowest BCUT2D eigenvalue weighted by atomic mass is 10.1. The molecule has 1 fully saturated rings. The SMILES string of the molecule is CCCCCn1c(SCC(=O)N2CCCCC2)nc2ccccc21. The van der Waals surface area contributed by atoms with Gasteiger partial charge in [0.05, 0.1) is 16.8 Å². The number of carbonyl (C=O) groups excluding carboxylic acids is 1. The fourth-order valence-electron chi connectivity index (χ4n) is 3.26. The van der Waals surface area contributed by atoms with Crippen molar-refractivity contribution < 1.29 is 4.79 Å². The van der Waals surface area contributed by atoms with E-state index in [9.17, 15) is 4.79 Å². The Morgan fingerprint density at radius 2 is 1.96 bits per heavy atom. The number of nitrogens with zero attached hydrogens (tertiary/aromatic N) is 3. The Morgan fingerprint density at radius 1 is 1.17 bits per heavy atom. The third-order valence-electron chi connectivity index (χ3n) is 4.64. The van der Waals surface area contributed by atoms with Gasteiger partial charge in [-0.1, -0.05) is 43.7 Å². The molecule has 3 rings (SSSR count). The number of thioether (sulfide) groups is 1. The molecule has 1 aliphatic rings. The van der Waals surface area contributed by atoms with Gasteiger partial charge in [0.1, 0.15) is 0 Å². The number of imidazole rings is 1. The van der Waals surface area contributed by atoms with Gasteiger partial charge in [0.25, 0.3) is 0 Å². The largest absolute Gasteiger partial charge is 0.342 e. The number of aromatic nitrogens is 2. The van der Waals surface area contributed by atoms with Crippen LogP contribution in [0.5, 0.6) is 0 Å². The lowest BCUT2D eigenvalue weighted by Gasteiger charge is -2.26. The lowest BCUT2D eigenvalue weighted by molar-refractivity contribution is -0.129. The number of rotatable bonds is 7. The molecule has 0 bridgehead atoms. The van der Waals surface area contributed by atoms with Crippen LogP contribution in [0.15, 0.2) is 29.4 Å². The molecule has 2 aromatic rings. The zero-order chi connectivity index (χ0) is 16.8. The van der Waals surface area contributed by atoms with E-state index in [4.69, 9.17) is 4.98 Å². The highest BCUT2D eigenvalue weighted by molar-refractivity contribution is 7.99. The summed E-state index contributed by atoms with van der Waals surface area (Å²) in [4.78, 5) is 19.2. The van der Waals surface area contributed by atoms with E-state index >= 15 is 0 Å². The topological polar surface area (TPSA) is 38.1 Å². The Kier molecular flexibility index (Phi) is 6.18. The quantitative estimate of drug-likeness (QED) is 0.554. The first-order chi connectivity index (χ1) is 11.8. The maximum Gasteiger partial charge on any atom is 0.233 e. The van der Waals surface area contributed by atoms with Crippen molar-refractivity contribution in [2.24, 2.45) is 0 Å². The van der Waals surface area contributed by atoms with E-state index in [-0.39, 0.29) is 5.91 Å². The van der Waals surface area contributed by atoms with Crippen molar-refractivity contribution in [1.82, 2.24) is 14.5 Å². The van der Waals surface area contributed by atoms with Gasteiger partial charge in [-0.05, 0) is 37.8 Å². The summed E-state index contributed by atoms with van der Waals surface area (Å²) in [5, 5.41) is 0.984. The fourth-order valence-corrected chi connectivity index (χ4v) is 4.20. The van der Waals surface area contributed by atoms with E-state index in [1.54, 1.807) is 11.8 Å². The van der Waals surface area contributed by atoms with Gasteiger partial charge in [0.15, 0.2) is 5.16 Å². The van der Waals surface area contributed by atoms with Crippen LogP contribution in [0.25, 0.3) is 11.0 Å². The van der Waals surface area contributed by atoms with Crippen LogP contribution in [0.1, 0.15) is 45.4 Å². The number of benzene rings is 1. The molecule has 1 aliphatic heterocycles. The van der Waals surface area contributed by atoms with Gasteiger partial charge in [-0.3, -0.25) is 4.79 Å². The average molecular weight is 346 g/mol. The van der Waals surface area contributed by atoms with Crippen LogP contribution < -0.4 is 0 Å². The van der Waals surface area contributed by atoms with Crippen molar-refractivity contribution in [3.8, 4) is 0 Å². The summed E-state index contributed by atoms with van der Waals surface area (Å²) >= 11 is 1.59. The van der Waals surface area contributed by atoms with Crippen molar-refractivity contribution in [2.45, 2.75) is 57.1 Å². The van der Waals surface area contributed by atoms with Crippen LogP contribution in [0.4, 0.5) is 0 Å². The predicted molar refractivity (Wildman–Crippen MR) is 100 cm³/mol. The van der Waals surface area contributed by atoms with Crippen LogP contribution in [0.2, 0.25) is 0 Å². The van der Waals surface area contributed by atoms with Crippen LogP contribution in [-0.2, 0) is 11.3 Å². The second kappa shape index (κ2) is 8.56. The number of carbonyl (C=O) groups is 1. The van der Waals surface area contributed by atoms with Crippen molar-refractivity contribution in [3.05, 3.63) is 24.3 Å². The molecular formula is C19H27N3OS. The molecule has 1 saturated heterocycles. The zero-order valence-electron chi connectivity index (χ0n) is 14.5. The molecule has 0 atom stereocenters. The monoisotopic (exact) mass is 345 g/mol. The first-order valence-electron chi connectivity index (χ1n) is 9.15. The molecular weight excluding hydrogens is 318 g/mol. The van der Waals surface area contributed by atoms with Gasteiger partial charge in [0, 0.05) is 19.6 Å². The molecule has 1 aromatic carbocycles. The summed E-state index contributed by atoms with van der Waals surface area (Å²) in [5.74, 6) is 0.753. The van der Waals surface area contributed by atoms with Gasteiger partial charge in [-0.15, -0.1) is 0 Å². The number of hydrogen-bond donors (Lipinski definition) is 0. The van der Waals surface area contributed by atoms with E-state index in [2.05, 4.69) is 29.7 Å². The van der Waals surface area contributed by atoms with Crippen molar-refractivity contribution in [1.29, 1.82) is 0 Å². The van der Waals surface area contributed by atoms with E-state index in [0.29, 0.717) is 5.75 Å². The molecule has 24 heavy (non-hydrogen) atoms. The number of aryl methyl sites for hydroxylation is 1. The van der Waals surface area contributed by atoms with Gasteiger partial charge >= 0.3 is 0 Å². The molecule has 5 heteroatoms. The standard InChI is InChI=1S/C19H27N3OS/c1-2-3-7-14-22-17-11-6-5-10-16(17)20-19(22)24-15-18(23)21-12-8-4-9-13-21/h5-6,10-11H,2-4,7-9,12-15H2,1H3. The Bertz CT molecular complexity index is 676. The van der Waals surface area contributed by atoms with Gasteiger partial charge in [0.2, 0.25) is 5.91 Å². The van der Waals surface area contributed by atoms with Gasteiger partial charge in [-0.2, -0.15) is 0 Å². The fraction of sp³-hybridized carbons (Fsp3) is 0.579. The molecule has 130 valence electrons. The number of amides is 1. The molecule has 0 saturated carbocycles. The molecule has 0 N–H and O–H groups in total. The van der Waals surface area contributed by atoms with Crippen molar-refractivity contribution in [2.75, 3.05) is 18.8 Å². The molecule has 0 aliphatic carbocycles. The molecule has 0 spiro atoms. The maximum atomic E-state index is 12.4. The number of hydrogen-bond acceptors (Lipinski definition) is 3. The highest BCUT2D eigenvalue weighted by Gasteiger charge is 2.18. The molecule has 2 heterocycles. The Hall–Kier alpha value is -1.49. The first-order valence-corrected chi connectivity index (χ1v) is 10.1. The average Bonchev–Trinajstić information content (AvgIpc) is 2.98. The Labute approximate surface area is 148 Å².